The van der Waals surface area contributed by atoms with E-state index >= 15 is 0 Å². The summed E-state index contributed by atoms with van der Waals surface area (Å²) in [4.78, 5) is 23.8. The maximum Gasteiger partial charge on any atom is 0.341 e. The van der Waals surface area contributed by atoms with Gasteiger partial charge in [0.25, 0.3) is 0 Å². The van der Waals surface area contributed by atoms with Crippen LogP contribution in [0.1, 0.15) is 36.6 Å². The maximum atomic E-state index is 11.9. The standard InChI is InChI=1S/C22H22O4/c1-14-12-17-10-7-11-18(13-19(15(2)23)22(24)25-3)21(17)26-20(14)16-8-5-4-6-9-16/h4-11,13-14,20H,12H2,1-3H3. The van der Waals surface area contributed by atoms with Crippen LogP contribution in [-0.4, -0.2) is 18.9 Å². The van der Waals surface area contributed by atoms with Crippen molar-refractivity contribution in [2.24, 2.45) is 5.92 Å². The van der Waals surface area contributed by atoms with E-state index in [9.17, 15) is 9.59 Å². The predicted molar refractivity (Wildman–Crippen MR) is 99.8 cm³/mol. The highest BCUT2D eigenvalue weighted by Crippen LogP contribution is 2.41. The third-order valence-electron chi connectivity index (χ3n) is 4.64. The molecule has 2 aromatic carbocycles. The molecule has 0 bridgehead atoms. The lowest BCUT2D eigenvalue weighted by atomic mass is 9.87. The number of hydrogen-bond donors (Lipinski definition) is 0. The van der Waals surface area contributed by atoms with Gasteiger partial charge in [-0.15, -0.1) is 0 Å². The maximum absolute atomic E-state index is 11.9. The fraction of sp³-hybridized carbons (Fsp3) is 0.273. The lowest BCUT2D eigenvalue weighted by molar-refractivity contribution is -0.137. The highest BCUT2D eigenvalue weighted by molar-refractivity contribution is 6.19. The minimum absolute atomic E-state index is 0.0133. The molecule has 0 aromatic heterocycles. The third kappa shape index (κ3) is 3.54. The molecule has 4 nitrogen and oxygen atoms in total. The van der Waals surface area contributed by atoms with Crippen molar-refractivity contribution in [3.8, 4) is 5.75 Å². The summed E-state index contributed by atoms with van der Waals surface area (Å²) in [6.07, 6.45) is 2.35. The number of carbonyl (C=O) groups is 2. The van der Waals surface area contributed by atoms with Gasteiger partial charge in [0, 0.05) is 11.5 Å². The molecule has 0 fully saturated rings. The first-order valence-electron chi connectivity index (χ1n) is 8.65. The molecule has 0 aliphatic carbocycles. The third-order valence-corrected chi connectivity index (χ3v) is 4.64. The van der Waals surface area contributed by atoms with Crippen LogP contribution in [-0.2, 0) is 20.7 Å². The molecule has 1 heterocycles. The Hall–Kier alpha value is -2.88. The van der Waals surface area contributed by atoms with Crippen LogP contribution in [0.15, 0.2) is 54.1 Å². The molecule has 2 aromatic rings. The second-order valence-corrected chi connectivity index (χ2v) is 6.57. The monoisotopic (exact) mass is 350 g/mol. The molecule has 0 amide bonds. The summed E-state index contributed by atoms with van der Waals surface area (Å²) in [5, 5.41) is 0. The Kier molecular flexibility index (Phi) is 5.21. The van der Waals surface area contributed by atoms with Crippen molar-refractivity contribution in [3.63, 3.8) is 0 Å². The number of ketones is 1. The van der Waals surface area contributed by atoms with Crippen molar-refractivity contribution in [2.75, 3.05) is 7.11 Å². The van der Waals surface area contributed by atoms with Crippen LogP contribution in [0.4, 0.5) is 0 Å². The first-order valence-corrected chi connectivity index (χ1v) is 8.65. The summed E-state index contributed by atoms with van der Waals surface area (Å²) in [6, 6.07) is 15.9. The molecule has 1 aliphatic heterocycles. The molecule has 2 unspecified atom stereocenters. The van der Waals surface area contributed by atoms with Crippen molar-refractivity contribution in [3.05, 3.63) is 70.8 Å². The molecule has 0 saturated carbocycles. The summed E-state index contributed by atoms with van der Waals surface area (Å²) in [6.45, 7) is 3.52. The van der Waals surface area contributed by atoms with Gasteiger partial charge in [0.15, 0.2) is 5.78 Å². The van der Waals surface area contributed by atoms with Crippen molar-refractivity contribution in [1.29, 1.82) is 0 Å². The Labute approximate surface area is 153 Å². The van der Waals surface area contributed by atoms with E-state index in [1.54, 1.807) is 6.08 Å². The Morgan fingerprint density at radius 2 is 1.85 bits per heavy atom. The number of benzene rings is 2. The fourth-order valence-corrected chi connectivity index (χ4v) is 3.33. The van der Waals surface area contributed by atoms with Crippen molar-refractivity contribution < 1.29 is 19.1 Å². The van der Waals surface area contributed by atoms with Crippen molar-refractivity contribution in [2.45, 2.75) is 26.4 Å². The Balaban J connectivity index is 2.04. The Morgan fingerprint density at radius 3 is 2.50 bits per heavy atom. The zero-order chi connectivity index (χ0) is 18.7. The lowest BCUT2D eigenvalue weighted by Crippen LogP contribution is -2.24. The number of fused-ring (bicyclic) bond motifs is 1. The predicted octanol–water partition coefficient (Wildman–Crippen LogP) is 4.14. The number of carbonyl (C=O) groups excluding carboxylic acids is 2. The zero-order valence-electron chi connectivity index (χ0n) is 15.2. The average Bonchev–Trinajstić information content (AvgIpc) is 2.65. The second kappa shape index (κ2) is 7.56. The topological polar surface area (TPSA) is 52.6 Å². The van der Waals surface area contributed by atoms with Crippen LogP contribution < -0.4 is 4.74 Å². The van der Waals surface area contributed by atoms with Crippen LogP contribution in [0.25, 0.3) is 6.08 Å². The normalized spacial score (nSPS) is 19.3. The van der Waals surface area contributed by atoms with E-state index in [1.807, 2.05) is 36.4 Å². The molecule has 1 aliphatic rings. The number of esters is 1. The van der Waals surface area contributed by atoms with Crippen LogP contribution in [0, 0.1) is 5.92 Å². The quantitative estimate of drug-likeness (QED) is 0.360. The molecule has 3 rings (SSSR count). The van der Waals surface area contributed by atoms with E-state index in [0.717, 1.165) is 23.3 Å². The van der Waals surface area contributed by atoms with Gasteiger partial charge in [-0.2, -0.15) is 0 Å². The molecule has 4 heteroatoms. The van der Waals surface area contributed by atoms with E-state index < -0.39 is 5.97 Å². The molecule has 0 radical (unpaired) electrons. The van der Waals surface area contributed by atoms with E-state index in [1.165, 1.54) is 14.0 Å². The first-order chi connectivity index (χ1) is 12.5. The SMILES string of the molecule is COC(=O)C(=Cc1cccc2c1OC(c1ccccc1)C(C)C2)C(C)=O. The first kappa shape index (κ1) is 17.9. The van der Waals surface area contributed by atoms with Gasteiger partial charge in [-0.05, 0) is 30.5 Å². The molecule has 2 atom stereocenters. The minimum atomic E-state index is -0.640. The Bertz CT molecular complexity index is 852. The molecular formula is C22H22O4. The summed E-state index contributed by atoms with van der Waals surface area (Å²) < 4.78 is 11.1. The number of ether oxygens (including phenoxy) is 2. The van der Waals surface area contributed by atoms with Gasteiger partial charge in [-0.25, -0.2) is 4.79 Å². The van der Waals surface area contributed by atoms with Crippen molar-refractivity contribution >= 4 is 17.8 Å². The van der Waals surface area contributed by atoms with E-state index in [0.29, 0.717) is 11.5 Å². The summed E-state index contributed by atoms with van der Waals surface area (Å²) in [5.74, 6) is 0.0660. The molecule has 0 spiro atoms. The molecule has 134 valence electrons. The Morgan fingerprint density at radius 1 is 1.12 bits per heavy atom. The summed E-state index contributed by atoms with van der Waals surface area (Å²) >= 11 is 0. The van der Waals surface area contributed by atoms with E-state index in [-0.39, 0.29) is 17.5 Å². The molecule has 0 N–H and O–H groups in total. The lowest BCUT2D eigenvalue weighted by Gasteiger charge is -2.33. The molecular weight excluding hydrogens is 328 g/mol. The van der Waals surface area contributed by atoms with Crippen LogP contribution in [0.5, 0.6) is 5.75 Å². The van der Waals surface area contributed by atoms with Crippen LogP contribution >= 0.6 is 0 Å². The van der Waals surface area contributed by atoms with Gasteiger partial charge in [-0.1, -0.05) is 55.5 Å². The molecule has 26 heavy (non-hydrogen) atoms. The molecule has 0 saturated heterocycles. The van der Waals surface area contributed by atoms with Gasteiger partial charge in [0.1, 0.15) is 17.4 Å². The second-order valence-electron chi connectivity index (χ2n) is 6.57. The highest BCUT2D eigenvalue weighted by atomic mass is 16.5. The highest BCUT2D eigenvalue weighted by Gasteiger charge is 2.29. The number of Topliss-reactive ketones (excluding diaryl/α,β-unsaturated/α-hetero) is 1. The van der Waals surface area contributed by atoms with Crippen molar-refractivity contribution in [1.82, 2.24) is 0 Å². The fourth-order valence-electron chi connectivity index (χ4n) is 3.33. The van der Waals surface area contributed by atoms with Gasteiger partial charge < -0.3 is 9.47 Å². The van der Waals surface area contributed by atoms with Crippen LogP contribution in [0.3, 0.4) is 0 Å². The van der Waals surface area contributed by atoms with Gasteiger partial charge in [0.2, 0.25) is 0 Å². The van der Waals surface area contributed by atoms with E-state index in [4.69, 9.17) is 9.47 Å². The number of para-hydroxylation sites is 1. The number of rotatable bonds is 4. The largest absolute Gasteiger partial charge is 0.485 e. The zero-order valence-corrected chi connectivity index (χ0v) is 15.2. The van der Waals surface area contributed by atoms with Gasteiger partial charge in [0.05, 0.1) is 7.11 Å². The smallest absolute Gasteiger partial charge is 0.341 e. The summed E-state index contributed by atoms with van der Waals surface area (Å²) in [5.41, 5.74) is 2.92. The number of methoxy groups -OCH3 is 1. The van der Waals surface area contributed by atoms with Crippen LogP contribution in [0.2, 0.25) is 0 Å². The minimum Gasteiger partial charge on any atom is -0.485 e. The summed E-state index contributed by atoms with van der Waals surface area (Å²) in [7, 11) is 1.27. The van der Waals surface area contributed by atoms with E-state index in [2.05, 4.69) is 19.1 Å². The number of hydrogen-bond acceptors (Lipinski definition) is 4. The van der Waals surface area contributed by atoms with Gasteiger partial charge in [-0.3, -0.25) is 4.79 Å². The average molecular weight is 350 g/mol. The van der Waals surface area contributed by atoms with Gasteiger partial charge >= 0.3 is 5.97 Å².